The molecule has 0 aliphatic heterocycles. The third-order valence-electron chi connectivity index (χ3n) is 4.08. The van der Waals surface area contributed by atoms with Crippen LogP contribution in [0.1, 0.15) is 32.7 Å². The SMILES string of the molecule is CCC(CC)n1cnc2c(Nc3ccc(OC(F)(F)F)cc3)nc(Cl)nc21. The van der Waals surface area contributed by atoms with Gasteiger partial charge in [-0.1, -0.05) is 13.8 Å². The molecule has 0 radical (unpaired) electrons. The summed E-state index contributed by atoms with van der Waals surface area (Å²) < 4.78 is 42.6. The van der Waals surface area contributed by atoms with Crippen LogP contribution in [0.4, 0.5) is 24.7 Å². The van der Waals surface area contributed by atoms with Gasteiger partial charge in [0.1, 0.15) is 5.75 Å². The summed E-state index contributed by atoms with van der Waals surface area (Å²) in [5.41, 5.74) is 1.64. The Labute approximate surface area is 158 Å². The van der Waals surface area contributed by atoms with Crippen molar-refractivity contribution < 1.29 is 17.9 Å². The van der Waals surface area contributed by atoms with Crippen LogP contribution in [0.25, 0.3) is 11.2 Å². The van der Waals surface area contributed by atoms with Crippen molar-refractivity contribution in [2.75, 3.05) is 5.32 Å². The van der Waals surface area contributed by atoms with Crippen LogP contribution in [-0.4, -0.2) is 25.9 Å². The second kappa shape index (κ2) is 7.59. The average molecular weight is 400 g/mol. The summed E-state index contributed by atoms with van der Waals surface area (Å²) in [4.78, 5) is 12.8. The molecule has 0 spiro atoms. The zero-order valence-corrected chi connectivity index (χ0v) is 15.3. The van der Waals surface area contributed by atoms with Gasteiger partial charge in [-0.05, 0) is 48.7 Å². The Morgan fingerprint density at radius 2 is 1.81 bits per heavy atom. The van der Waals surface area contributed by atoms with Crippen LogP contribution >= 0.6 is 11.6 Å². The first-order valence-electron chi connectivity index (χ1n) is 8.33. The first-order chi connectivity index (χ1) is 12.8. The minimum absolute atomic E-state index is 0.0507. The number of benzene rings is 1. The monoisotopic (exact) mass is 399 g/mol. The van der Waals surface area contributed by atoms with Crippen molar-refractivity contribution in [2.45, 2.75) is 39.1 Å². The Bertz CT molecular complexity index is 923. The lowest BCUT2D eigenvalue weighted by atomic mass is 10.2. The lowest BCUT2D eigenvalue weighted by molar-refractivity contribution is -0.274. The Morgan fingerprint density at radius 3 is 2.41 bits per heavy atom. The summed E-state index contributed by atoms with van der Waals surface area (Å²) in [5.74, 6) is 0.0659. The third kappa shape index (κ3) is 4.41. The highest BCUT2D eigenvalue weighted by atomic mass is 35.5. The van der Waals surface area contributed by atoms with Crippen LogP contribution in [0.3, 0.4) is 0 Å². The Balaban J connectivity index is 1.91. The van der Waals surface area contributed by atoms with Crippen molar-refractivity contribution in [1.82, 2.24) is 19.5 Å². The number of hydrogen-bond donors (Lipinski definition) is 1. The quantitative estimate of drug-likeness (QED) is 0.556. The third-order valence-corrected chi connectivity index (χ3v) is 4.25. The van der Waals surface area contributed by atoms with E-state index < -0.39 is 6.36 Å². The topological polar surface area (TPSA) is 64.9 Å². The second-order valence-corrected chi connectivity index (χ2v) is 6.17. The second-order valence-electron chi connectivity index (χ2n) is 5.83. The molecule has 0 aliphatic rings. The molecule has 2 heterocycles. The molecule has 0 fully saturated rings. The van der Waals surface area contributed by atoms with E-state index in [4.69, 9.17) is 11.6 Å². The molecule has 0 unspecified atom stereocenters. The largest absolute Gasteiger partial charge is 0.573 e. The van der Waals surface area contributed by atoms with Crippen molar-refractivity contribution in [3.8, 4) is 5.75 Å². The molecule has 10 heteroatoms. The van der Waals surface area contributed by atoms with Gasteiger partial charge in [0.15, 0.2) is 17.0 Å². The molecule has 0 atom stereocenters. The Hall–Kier alpha value is -2.55. The standard InChI is InChI=1S/C17H17ClF3N5O/c1-3-11(4-2)26-9-22-13-14(24-16(18)25-15(13)26)23-10-5-7-12(8-6-10)27-17(19,20)21/h5-9,11H,3-4H2,1-2H3,(H,23,24,25). The Morgan fingerprint density at radius 1 is 1.15 bits per heavy atom. The van der Waals surface area contributed by atoms with E-state index >= 15 is 0 Å². The number of alkyl halides is 3. The predicted molar refractivity (Wildman–Crippen MR) is 96.4 cm³/mol. The van der Waals surface area contributed by atoms with Gasteiger partial charge < -0.3 is 14.6 Å². The summed E-state index contributed by atoms with van der Waals surface area (Å²) in [7, 11) is 0. The fourth-order valence-corrected chi connectivity index (χ4v) is 2.97. The average Bonchev–Trinajstić information content (AvgIpc) is 3.00. The van der Waals surface area contributed by atoms with Gasteiger partial charge >= 0.3 is 6.36 Å². The summed E-state index contributed by atoms with van der Waals surface area (Å²) in [6.45, 7) is 4.15. The number of rotatable bonds is 6. The number of fused-ring (bicyclic) bond motifs is 1. The summed E-state index contributed by atoms with van der Waals surface area (Å²) in [6, 6.07) is 5.53. The van der Waals surface area contributed by atoms with Gasteiger partial charge in [0.05, 0.1) is 6.33 Å². The van der Waals surface area contributed by atoms with Crippen molar-refractivity contribution >= 4 is 34.3 Å². The van der Waals surface area contributed by atoms with Crippen molar-refractivity contribution in [3.63, 3.8) is 0 Å². The molecule has 0 amide bonds. The van der Waals surface area contributed by atoms with Crippen LogP contribution in [-0.2, 0) is 0 Å². The molecular formula is C17H17ClF3N5O. The van der Waals surface area contributed by atoms with E-state index in [1.807, 2.05) is 4.57 Å². The Kier molecular flexibility index (Phi) is 5.41. The summed E-state index contributed by atoms with van der Waals surface area (Å²) in [6.07, 6.45) is -1.22. The highest BCUT2D eigenvalue weighted by Gasteiger charge is 2.31. The number of ether oxygens (including phenoxy) is 1. The molecule has 27 heavy (non-hydrogen) atoms. The van der Waals surface area contributed by atoms with Gasteiger partial charge in [0.2, 0.25) is 5.28 Å². The zero-order valence-electron chi connectivity index (χ0n) is 14.6. The molecule has 6 nitrogen and oxygen atoms in total. The van der Waals surface area contributed by atoms with E-state index in [9.17, 15) is 13.2 Å². The van der Waals surface area contributed by atoms with E-state index in [-0.39, 0.29) is 17.1 Å². The minimum Gasteiger partial charge on any atom is -0.406 e. The number of imidazole rings is 1. The van der Waals surface area contributed by atoms with E-state index in [0.717, 1.165) is 12.8 Å². The first-order valence-corrected chi connectivity index (χ1v) is 8.71. The molecule has 3 rings (SSSR count). The molecule has 1 aromatic carbocycles. The lowest BCUT2D eigenvalue weighted by Crippen LogP contribution is -2.16. The van der Waals surface area contributed by atoms with Crippen molar-refractivity contribution in [3.05, 3.63) is 35.9 Å². The molecular weight excluding hydrogens is 383 g/mol. The smallest absolute Gasteiger partial charge is 0.406 e. The molecule has 2 aromatic heterocycles. The van der Waals surface area contributed by atoms with Crippen LogP contribution in [0.5, 0.6) is 5.75 Å². The maximum absolute atomic E-state index is 12.3. The van der Waals surface area contributed by atoms with Gasteiger partial charge in [-0.2, -0.15) is 9.97 Å². The van der Waals surface area contributed by atoms with E-state index in [2.05, 4.69) is 38.9 Å². The molecule has 3 aromatic rings. The summed E-state index contributed by atoms with van der Waals surface area (Å²) in [5, 5.41) is 3.07. The zero-order chi connectivity index (χ0) is 19.6. The van der Waals surface area contributed by atoms with Gasteiger partial charge in [-0.15, -0.1) is 13.2 Å². The minimum atomic E-state index is -4.73. The van der Waals surface area contributed by atoms with Gasteiger partial charge in [-0.25, -0.2) is 4.98 Å². The molecule has 0 saturated carbocycles. The van der Waals surface area contributed by atoms with Gasteiger partial charge in [0.25, 0.3) is 0 Å². The molecule has 144 valence electrons. The summed E-state index contributed by atoms with van der Waals surface area (Å²) >= 11 is 6.06. The number of halogens is 4. The first kappa shape index (κ1) is 19.2. The van der Waals surface area contributed by atoms with Crippen LogP contribution in [0, 0.1) is 0 Å². The highest BCUT2D eigenvalue weighted by molar-refractivity contribution is 6.28. The number of aromatic nitrogens is 4. The maximum Gasteiger partial charge on any atom is 0.573 e. The number of anilines is 2. The van der Waals surface area contributed by atoms with E-state index in [1.165, 1.54) is 24.3 Å². The number of nitrogens with one attached hydrogen (secondary N) is 1. The van der Waals surface area contributed by atoms with Crippen molar-refractivity contribution in [1.29, 1.82) is 0 Å². The molecule has 0 aliphatic carbocycles. The van der Waals surface area contributed by atoms with E-state index in [1.54, 1.807) is 6.33 Å². The van der Waals surface area contributed by atoms with Crippen molar-refractivity contribution in [2.24, 2.45) is 0 Å². The predicted octanol–water partition coefficient (Wildman–Crippen LogP) is 5.48. The lowest BCUT2D eigenvalue weighted by Gasteiger charge is -2.15. The fourth-order valence-electron chi connectivity index (χ4n) is 2.80. The van der Waals surface area contributed by atoms with E-state index in [0.29, 0.717) is 22.7 Å². The normalized spacial score (nSPS) is 12.0. The molecule has 1 N–H and O–H groups in total. The highest BCUT2D eigenvalue weighted by Crippen LogP contribution is 2.29. The van der Waals surface area contributed by atoms with Crippen LogP contribution in [0.2, 0.25) is 5.28 Å². The van der Waals surface area contributed by atoms with Gasteiger partial charge in [0, 0.05) is 11.7 Å². The number of nitrogens with zero attached hydrogens (tertiary/aromatic N) is 4. The number of hydrogen-bond acceptors (Lipinski definition) is 5. The van der Waals surface area contributed by atoms with Gasteiger partial charge in [-0.3, -0.25) is 0 Å². The molecule has 0 bridgehead atoms. The fraction of sp³-hybridized carbons (Fsp3) is 0.353. The van der Waals surface area contributed by atoms with Crippen LogP contribution < -0.4 is 10.1 Å². The molecule has 0 saturated heterocycles. The van der Waals surface area contributed by atoms with Crippen LogP contribution in [0.15, 0.2) is 30.6 Å². The maximum atomic E-state index is 12.3.